The Morgan fingerprint density at radius 2 is 1.69 bits per heavy atom. The molecule has 2 atom stereocenters. The SMILES string of the molecule is Cn1c(=O)n(C2CCC(=O)NC2=O)c2ccc(C3CCN(C(=O)[C@@H]4CCN(c5ccc6c(F)c(N7CC(=O)NS7(=O)=O)c(O)cc6c5)C4)CC3)cc21. The van der Waals surface area contributed by atoms with Crippen molar-refractivity contribution in [2.24, 2.45) is 13.0 Å². The minimum absolute atomic E-state index is 0.0733. The number of imide groups is 1. The normalized spacial score (nSPS) is 22.4. The van der Waals surface area contributed by atoms with Crippen LogP contribution in [0.15, 0.2) is 47.3 Å². The van der Waals surface area contributed by atoms with Crippen LogP contribution in [0.25, 0.3) is 21.8 Å². The van der Waals surface area contributed by atoms with Crippen molar-refractivity contribution < 1.29 is 37.1 Å². The van der Waals surface area contributed by atoms with Gasteiger partial charge in [0, 0.05) is 50.7 Å². The van der Waals surface area contributed by atoms with Gasteiger partial charge < -0.3 is 14.9 Å². The summed E-state index contributed by atoms with van der Waals surface area (Å²) in [5.41, 5.74) is 2.22. The molecule has 0 aliphatic carbocycles. The second kappa shape index (κ2) is 12.4. The van der Waals surface area contributed by atoms with Crippen LogP contribution in [0.1, 0.15) is 49.6 Å². The molecule has 272 valence electrons. The first-order valence-corrected chi connectivity index (χ1v) is 18.6. The van der Waals surface area contributed by atoms with Gasteiger partial charge in [0.15, 0.2) is 5.82 Å². The molecular weight excluding hydrogens is 697 g/mol. The highest BCUT2D eigenvalue weighted by molar-refractivity contribution is 7.92. The van der Waals surface area contributed by atoms with Gasteiger partial charge in [-0.3, -0.25) is 33.6 Å². The first-order chi connectivity index (χ1) is 24.8. The third-order valence-electron chi connectivity index (χ3n) is 10.9. The predicted octanol–water partition coefficient (Wildman–Crippen LogP) is 1.73. The highest BCUT2D eigenvalue weighted by Crippen LogP contribution is 2.40. The van der Waals surface area contributed by atoms with Crippen molar-refractivity contribution in [2.75, 3.05) is 41.9 Å². The number of fused-ring (bicyclic) bond motifs is 2. The fourth-order valence-corrected chi connectivity index (χ4v) is 9.32. The number of anilines is 2. The Balaban J connectivity index is 0.925. The van der Waals surface area contributed by atoms with Gasteiger partial charge in [0.05, 0.1) is 17.0 Å². The highest BCUT2D eigenvalue weighted by Gasteiger charge is 2.39. The van der Waals surface area contributed by atoms with Gasteiger partial charge in [0.25, 0.3) is 5.91 Å². The van der Waals surface area contributed by atoms with E-state index in [2.05, 4.69) is 5.32 Å². The number of halogens is 1. The fraction of sp³-hybridized carbons (Fsp3) is 0.400. The van der Waals surface area contributed by atoms with Crippen LogP contribution < -0.4 is 24.9 Å². The molecule has 8 rings (SSSR count). The zero-order chi connectivity index (χ0) is 36.6. The van der Waals surface area contributed by atoms with Crippen LogP contribution in [0.3, 0.4) is 0 Å². The summed E-state index contributed by atoms with van der Waals surface area (Å²) in [6.45, 7) is 1.59. The van der Waals surface area contributed by atoms with Crippen LogP contribution in [0, 0.1) is 11.7 Å². The molecule has 15 nitrogen and oxygen atoms in total. The number of rotatable bonds is 5. The molecule has 4 fully saturated rings. The standard InChI is InChI=1S/C35H36FN7O8S/c1-39-27-15-20(2-5-25(27)43(35(39)49)26-6-7-29(45)37-33(26)47)19-8-11-40(12-9-19)34(48)21-10-13-41(17-21)23-3-4-24-22(14-23)16-28(44)32(31(24)36)42-18-30(46)38-52(42,50)51/h2-5,14-16,19,21,26,44H,6-13,17-18H2,1H3,(H,38,46)(H,37,45,47)/t21-,26?/m1/s1. The van der Waals surface area contributed by atoms with Crippen molar-refractivity contribution in [3.05, 3.63) is 64.3 Å². The van der Waals surface area contributed by atoms with Gasteiger partial charge in [-0.15, -0.1) is 0 Å². The average Bonchev–Trinajstić information content (AvgIpc) is 3.78. The Labute approximate surface area is 296 Å². The number of benzene rings is 3. The number of carbonyl (C=O) groups excluding carboxylic acids is 4. The highest BCUT2D eigenvalue weighted by atomic mass is 32.2. The van der Waals surface area contributed by atoms with Crippen molar-refractivity contribution in [1.29, 1.82) is 0 Å². The number of imidazole rings is 1. The summed E-state index contributed by atoms with van der Waals surface area (Å²) in [6, 6.07) is 11.2. The molecule has 4 aliphatic heterocycles. The number of piperidine rings is 2. The molecule has 1 aromatic heterocycles. The number of hydrogen-bond donors (Lipinski definition) is 3. The van der Waals surface area contributed by atoms with Crippen LogP contribution in [0.4, 0.5) is 15.8 Å². The van der Waals surface area contributed by atoms with Crippen LogP contribution >= 0.6 is 0 Å². The lowest BCUT2D eigenvalue weighted by Crippen LogP contribution is -2.44. The molecule has 52 heavy (non-hydrogen) atoms. The number of carbonyl (C=O) groups is 4. The van der Waals surface area contributed by atoms with Crippen LogP contribution in [-0.2, 0) is 36.4 Å². The van der Waals surface area contributed by atoms with E-state index < -0.39 is 51.9 Å². The Morgan fingerprint density at radius 3 is 2.40 bits per heavy atom. The van der Waals surface area contributed by atoms with Gasteiger partial charge in [-0.1, -0.05) is 6.07 Å². The van der Waals surface area contributed by atoms with Gasteiger partial charge in [-0.05, 0) is 78.9 Å². The van der Waals surface area contributed by atoms with Gasteiger partial charge in [0.2, 0.25) is 17.7 Å². The quantitative estimate of drug-likeness (QED) is 0.257. The molecule has 0 spiro atoms. The van der Waals surface area contributed by atoms with E-state index in [-0.39, 0.29) is 47.6 Å². The number of aryl methyl sites for hydroxylation is 1. The number of amides is 4. The number of aromatic hydroxyl groups is 1. The second-order valence-corrected chi connectivity index (χ2v) is 15.6. The molecule has 5 heterocycles. The number of aromatic nitrogens is 2. The number of phenolic OH excluding ortho intramolecular Hbond substituents is 1. The number of likely N-dealkylation sites (tertiary alicyclic amines) is 1. The maximum atomic E-state index is 15.6. The molecule has 3 N–H and O–H groups in total. The predicted molar refractivity (Wildman–Crippen MR) is 187 cm³/mol. The molecule has 4 saturated heterocycles. The number of nitrogens with zero attached hydrogens (tertiary/aromatic N) is 5. The van der Waals surface area contributed by atoms with Crippen molar-refractivity contribution >= 4 is 67.0 Å². The van der Waals surface area contributed by atoms with E-state index in [9.17, 15) is 37.5 Å². The lowest BCUT2D eigenvalue weighted by Gasteiger charge is -2.34. The summed E-state index contributed by atoms with van der Waals surface area (Å²) in [7, 11) is -2.65. The Hall–Kier alpha value is -5.45. The zero-order valence-electron chi connectivity index (χ0n) is 28.2. The summed E-state index contributed by atoms with van der Waals surface area (Å²) < 4.78 is 45.4. The lowest BCUT2D eigenvalue weighted by atomic mass is 9.88. The molecule has 4 amide bonds. The number of hydrogen-bond acceptors (Lipinski definition) is 9. The van der Waals surface area contributed by atoms with Gasteiger partial charge >= 0.3 is 15.9 Å². The van der Waals surface area contributed by atoms with E-state index in [1.807, 2.05) is 28.0 Å². The van der Waals surface area contributed by atoms with E-state index in [0.717, 1.165) is 24.1 Å². The summed E-state index contributed by atoms with van der Waals surface area (Å²) >= 11 is 0. The van der Waals surface area contributed by atoms with Gasteiger partial charge in [0.1, 0.15) is 24.0 Å². The first-order valence-electron chi connectivity index (χ1n) is 17.2. The molecule has 0 saturated carbocycles. The van der Waals surface area contributed by atoms with Crippen LogP contribution in [-0.4, -0.2) is 83.9 Å². The van der Waals surface area contributed by atoms with Crippen molar-refractivity contribution in [2.45, 2.75) is 44.1 Å². The molecule has 17 heteroatoms. The van der Waals surface area contributed by atoms with E-state index in [4.69, 9.17) is 0 Å². The van der Waals surface area contributed by atoms with Crippen LogP contribution in [0.2, 0.25) is 0 Å². The molecule has 4 aromatic rings. The third-order valence-corrected chi connectivity index (χ3v) is 12.3. The summed E-state index contributed by atoms with van der Waals surface area (Å²) in [5.74, 6) is -3.21. The Morgan fingerprint density at radius 1 is 0.923 bits per heavy atom. The van der Waals surface area contributed by atoms with E-state index in [1.165, 1.54) is 21.3 Å². The monoisotopic (exact) mass is 733 g/mol. The summed E-state index contributed by atoms with van der Waals surface area (Å²) in [6.07, 6.45) is 2.57. The fourth-order valence-electron chi connectivity index (χ4n) is 8.16. The van der Waals surface area contributed by atoms with E-state index in [1.54, 1.807) is 23.9 Å². The van der Waals surface area contributed by atoms with E-state index >= 15 is 4.39 Å². The summed E-state index contributed by atoms with van der Waals surface area (Å²) in [4.78, 5) is 66.7. The first kappa shape index (κ1) is 33.7. The molecule has 4 aliphatic rings. The second-order valence-electron chi connectivity index (χ2n) is 14.0. The summed E-state index contributed by atoms with van der Waals surface area (Å²) in [5, 5.41) is 13.4. The number of phenols is 1. The van der Waals surface area contributed by atoms with E-state index in [0.29, 0.717) is 53.3 Å². The molecular formula is C35H36FN7O8S. The molecule has 0 radical (unpaired) electrons. The topological polar surface area (TPSA) is 183 Å². The Kier molecular flexibility index (Phi) is 8.00. The van der Waals surface area contributed by atoms with Gasteiger partial charge in [-0.2, -0.15) is 8.42 Å². The minimum Gasteiger partial charge on any atom is -0.506 e. The third kappa shape index (κ3) is 5.54. The Bertz CT molecular complexity index is 2380. The maximum absolute atomic E-state index is 15.6. The zero-order valence-corrected chi connectivity index (χ0v) is 29.0. The molecule has 1 unspecified atom stereocenters. The lowest BCUT2D eigenvalue weighted by molar-refractivity contribution is -0.136. The molecule has 3 aromatic carbocycles. The van der Waals surface area contributed by atoms with Crippen molar-refractivity contribution in [1.82, 2.24) is 24.1 Å². The van der Waals surface area contributed by atoms with Crippen molar-refractivity contribution in [3.8, 4) is 5.75 Å². The van der Waals surface area contributed by atoms with Gasteiger partial charge in [-0.25, -0.2) is 18.2 Å². The largest absolute Gasteiger partial charge is 0.506 e. The maximum Gasteiger partial charge on any atom is 0.329 e. The van der Waals surface area contributed by atoms with Crippen LogP contribution in [0.5, 0.6) is 5.75 Å². The number of nitrogens with one attached hydrogen (secondary N) is 2. The average molecular weight is 734 g/mol. The molecule has 0 bridgehead atoms. The minimum atomic E-state index is -4.32. The van der Waals surface area contributed by atoms with Crippen molar-refractivity contribution in [3.63, 3.8) is 0 Å². The smallest absolute Gasteiger partial charge is 0.329 e.